The lowest BCUT2D eigenvalue weighted by Crippen LogP contribution is -2.44. The number of likely N-dealkylation sites (tertiary alicyclic amines) is 1. The molecule has 4 nitrogen and oxygen atoms in total. The van der Waals surface area contributed by atoms with Crippen LogP contribution in [0.25, 0.3) is 0 Å². The van der Waals surface area contributed by atoms with Crippen LogP contribution in [0.3, 0.4) is 0 Å². The van der Waals surface area contributed by atoms with Crippen molar-refractivity contribution in [2.45, 2.75) is 25.7 Å². The summed E-state index contributed by atoms with van der Waals surface area (Å²) in [7, 11) is 0. The highest BCUT2D eigenvalue weighted by molar-refractivity contribution is 6.07. The molecule has 0 aromatic heterocycles. The Balaban J connectivity index is 1.98. The van der Waals surface area contributed by atoms with Crippen LogP contribution < -0.4 is 4.90 Å². The standard InChI is InChI=1S/C19H20N2O2/c22-18-14-8-3-9-15-20(18)19(23)21(16-10-4-1-5-11-16)17-12-6-2-7-13-17/h1-2,4-7,10-13H,3,8-9,14-15H2. The SMILES string of the molecule is O=C1CCCCCN1C(=O)N(c1ccccc1)c1ccccc1. The van der Waals surface area contributed by atoms with Crippen LogP contribution in [0.5, 0.6) is 0 Å². The quantitative estimate of drug-likeness (QED) is 0.827. The summed E-state index contributed by atoms with van der Waals surface area (Å²) in [6.07, 6.45) is 3.17. The Morgan fingerprint density at radius 3 is 1.96 bits per heavy atom. The highest BCUT2D eigenvalue weighted by Crippen LogP contribution is 2.27. The minimum atomic E-state index is -0.269. The van der Waals surface area contributed by atoms with E-state index in [1.165, 1.54) is 4.90 Å². The van der Waals surface area contributed by atoms with E-state index in [2.05, 4.69) is 0 Å². The Morgan fingerprint density at radius 1 is 0.826 bits per heavy atom. The van der Waals surface area contributed by atoms with Crippen molar-refractivity contribution in [1.82, 2.24) is 4.90 Å². The van der Waals surface area contributed by atoms with E-state index < -0.39 is 0 Å². The lowest BCUT2D eigenvalue weighted by molar-refractivity contribution is -0.127. The van der Waals surface area contributed by atoms with Gasteiger partial charge in [-0.25, -0.2) is 4.79 Å². The first-order chi connectivity index (χ1) is 11.3. The molecule has 3 amide bonds. The van der Waals surface area contributed by atoms with E-state index in [0.29, 0.717) is 13.0 Å². The fourth-order valence-electron chi connectivity index (χ4n) is 2.83. The van der Waals surface area contributed by atoms with Crippen molar-refractivity contribution < 1.29 is 9.59 Å². The van der Waals surface area contributed by atoms with Crippen LogP contribution >= 0.6 is 0 Å². The number of amides is 3. The zero-order chi connectivity index (χ0) is 16.1. The third-order valence-electron chi connectivity index (χ3n) is 4.02. The van der Waals surface area contributed by atoms with Gasteiger partial charge in [0.05, 0.1) is 11.4 Å². The van der Waals surface area contributed by atoms with Crippen LogP contribution in [-0.2, 0) is 4.79 Å². The maximum atomic E-state index is 13.1. The zero-order valence-electron chi connectivity index (χ0n) is 13.0. The van der Waals surface area contributed by atoms with E-state index in [-0.39, 0.29) is 11.9 Å². The number of hydrogen-bond acceptors (Lipinski definition) is 2. The molecule has 1 saturated heterocycles. The van der Waals surface area contributed by atoms with Crippen molar-refractivity contribution in [3.63, 3.8) is 0 Å². The first-order valence-corrected chi connectivity index (χ1v) is 8.02. The Kier molecular flexibility index (Phi) is 4.71. The Bertz CT molecular complexity index is 631. The number of carbonyl (C=O) groups excluding carboxylic acids is 2. The van der Waals surface area contributed by atoms with Crippen molar-refractivity contribution in [2.75, 3.05) is 11.4 Å². The second-order valence-corrected chi connectivity index (χ2v) is 5.65. The second kappa shape index (κ2) is 7.09. The van der Waals surface area contributed by atoms with Crippen LogP contribution in [0.1, 0.15) is 25.7 Å². The van der Waals surface area contributed by atoms with Gasteiger partial charge in [-0.2, -0.15) is 0 Å². The second-order valence-electron chi connectivity index (χ2n) is 5.65. The van der Waals surface area contributed by atoms with Gasteiger partial charge in [-0.3, -0.25) is 14.6 Å². The maximum Gasteiger partial charge on any atom is 0.335 e. The molecule has 0 saturated carbocycles. The topological polar surface area (TPSA) is 40.6 Å². The van der Waals surface area contributed by atoms with Gasteiger partial charge in [-0.05, 0) is 37.1 Å². The largest absolute Gasteiger partial charge is 0.335 e. The van der Waals surface area contributed by atoms with Crippen molar-refractivity contribution >= 4 is 23.3 Å². The van der Waals surface area contributed by atoms with E-state index in [1.807, 2.05) is 60.7 Å². The minimum absolute atomic E-state index is 0.0793. The molecule has 0 atom stereocenters. The van der Waals surface area contributed by atoms with E-state index in [0.717, 1.165) is 30.6 Å². The van der Waals surface area contributed by atoms with Gasteiger partial charge in [0.1, 0.15) is 0 Å². The smallest absolute Gasteiger partial charge is 0.274 e. The molecule has 4 heteroatoms. The zero-order valence-corrected chi connectivity index (χ0v) is 13.0. The van der Waals surface area contributed by atoms with Crippen LogP contribution in [0.15, 0.2) is 60.7 Å². The predicted molar refractivity (Wildman–Crippen MR) is 90.6 cm³/mol. The van der Waals surface area contributed by atoms with Gasteiger partial charge in [-0.15, -0.1) is 0 Å². The van der Waals surface area contributed by atoms with Gasteiger partial charge < -0.3 is 0 Å². The number of imide groups is 1. The Labute approximate surface area is 136 Å². The summed E-state index contributed by atoms with van der Waals surface area (Å²) in [5.74, 6) is -0.0793. The first-order valence-electron chi connectivity index (χ1n) is 8.02. The van der Waals surface area contributed by atoms with Gasteiger partial charge >= 0.3 is 6.03 Å². The molecule has 118 valence electrons. The number of benzene rings is 2. The van der Waals surface area contributed by atoms with Gasteiger partial charge in [0.25, 0.3) is 0 Å². The summed E-state index contributed by atoms with van der Waals surface area (Å²) < 4.78 is 0. The third kappa shape index (κ3) is 3.42. The van der Waals surface area contributed by atoms with Crippen molar-refractivity contribution in [1.29, 1.82) is 0 Å². The van der Waals surface area contributed by atoms with Crippen molar-refractivity contribution in [3.05, 3.63) is 60.7 Å². The summed E-state index contributed by atoms with van der Waals surface area (Å²) in [6.45, 7) is 0.494. The summed E-state index contributed by atoms with van der Waals surface area (Å²) in [4.78, 5) is 28.4. The average molecular weight is 308 g/mol. The number of para-hydroxylation sites is 2. The summed E-state index contributed by atoms with van der Waals surface area (Å²) in [5.41, 5.74) is 1.53. The molecule has 3 rings (SSSR count). The van der Waals surface area contributed by atoms with Crippen molar-refractivity contribution in [2.24, 2.45) is 0 Å². The molecule has 0 spiro atoms. The monoisotopic (exact) mass is 308 g/mol. The molecule has 1 aliphatic rings. The summed E-state index contributed by atoms with van der Waals surface area (Å²) >= 11 is 0. The molecule has 0 bridgehead atoms. The lowest BCUT2D eigenvalue weighted by Gasteiger charge is -2.29. The van der Waals surface area contributed by atoms with E-state index >= 15 is 0 Å². The predicted octanol–water partition coefficient (Wildman–Crippen LogP) is 4.35. The molecule has 0 aliphatic carbocycles. The van der Waals surface area contributed by atoms with Gasteiger partial charge in [0.15, 0.2) is 0 Å². The molecule has 1 heterocycles. The van der Waals surface area contributed by atoms with E-state index in [4.69, 9.17) is 0 Å². The van der Waals surface area contributed by atoms with Gasteiger partial charge in [0, 0.05) is 13.0 Å². The molecule has 1 aliphatic heterocycles. The fourth-order valence-corrected chi connectivity index (χ4v) is 2.83. The van der Waals surface area contributed by atoms with Gasteiger partial charge in [-0.1, -0.05) is 42.8 Å². The highest BCUT2D eigenvalue weighted by atomic mass is 16.2. The number of carbonyl (C=O) groups is 2. The normalized spacial score (nSPS) is 15.1. The van der Waals surface area contributed by atoms with Crippen LogP contribution in [0.4, 0.5) is 16.2 Å². The highest BCUT2D eigenvalue weighted by Gasteiger charge is 2.29. The van der Waals surface area contributed by atoms with Gasteiger partial charge in [0.2, 0.25) is 5.91 Å². The maximum absolute atomic E-state index is 13.1. The number of urea groups is 1. The van der Waals surface area contributed by atoms with E-state index in [1.54, 1.807) is 4.90 Å². The summed E-state index contributed by atoms with van der Waals surface area (Å²) in [6, 6.07) is 18.6. The lowest BCUT2D eigenvalue weighted by atomic mass is 10.2. The molecule has 2 aromatic rings. The van der Waals surface area contributed by atoms with E-state index in [9.17, 15) is 9.59 Å². The van der Waals surface area contributed by atoms with Crippen molar-refractivity contribution in [3.8, 4) is 0 Å². The molecule has 23 heavy (non-hydrogen) atoms. The minimum Gasteiger partial charge on any atom is -0.274 e. The van der Waals surface area contributed by atoms with Crippen LogP contribution in [0, 0.1) is 0 Å². The molecule has 0 N–H and O–H groups in total. The number of anilines is 2. The van der Waals surface area contributed by atoms with Crippen LogP contribution in [-0.4, -0.2) is 23.4 Å². The molecule has 2 aromatic carbocycles. The first kappa shape index (κ1) is 15.3. The summed E-state index contributed by atoms with van der Waals surface area (Å²) in [5, 5.41) is 0. The molecular formula is C19H20N2O2. The fraction of sp³-hybridized carbons (Fsp3) is 0.263. The Hall–Kier alpha value is -2.62. The molecule has 0 radical (unpaired) electrons. The average Bonchev–Trinajstić information content (AvgIpc) is 2.81. The number of rotatable bonds is 2. The van der Waals surface area contributed by atoms with Crippen LogP contribution in [0.2, 0.25) is 0 Å². The Morgan fingerprint density at radius 2 is 1.39 bits per heavy atom. The third-order valence-corrected chi connectivity index (χ3v) is 4.02. The number of hydrogen-bond donors (Lipinski definition) is 0. The molecule has 0 unspecified atom stereocenters. The molecule has 1 fully saturated rings. The number of nitrogens with zero attached hydrogens (tertiary/aromatic N) is 2. The molecular weight excluding hydrogens is 288 g/mol.